The third-order valence-electron chi connectivity index (χ3n) is 4.01. The molecule has 1 aromatic rings. The van der Waals surface area contributed by atoms with E-state index >= 15 is 0 Å². The van der Waals surface area contributed by atoms with Crippen molar-refractivity contribution in [3.63, 3.8) is 0 Å². The van der Waals surface area contributed by atoms with Crippen molar-refractivity contribution in [1.29, 1.82) is 0 Å². The van der Waals surface area contributed by atoms with Crippen LogP contribution in [0.2, 0.25) is 0 Å². The van der Waals surface area contributed by atoms with Gasteiger partial charge in [-0.15, -0.1) is 0 Å². The lowest BCUT2D eigenvalue weighted by Gasteiger charge is -2.22. The van der Waals surface area contributed by atoms with Gasteiger partial charge < -0.3 is 27.8 Å². The van der Waals surface area contributed by atoms with E-state index in [1.807, 2.05) is 30.3 Å². The van der Waals surface area contributed by atoms with Crippen LogP contribution in [0.4, 0.5) is 0 Å². The van der Waals surface area contributed by atoms with Crippen LogP contribution in [0.15, 0.2) is 30.3 Å². The Kier molecular flexibility index (Phi) is 9.32. The van der Waals surface area contributed by atoms with E-state index in [1.54, 1.807) is 0 Å². The predicted molar refractivity (Wildman–Crippen MR) is 99.8 cm³/mol. The summed E-state index contributed by atoms with van der Waals surface area (Å²) in [7, 11) is 0. The first-order chi connectivity index (χ1) is 12.3. The van der Waals surface area contributed by atoms with Gasteiger partial charge in [-0.05, 0) is 31.9 Å². The molecule has 0 radical (unpaired) electrons. The molecule has 3 atom stereocenters. The molecule has 8 N–H and O–H groups in total. The molecular formula is C18H29N5O3. The molecule has 0 aliphatic heterocycles. The Morgan fingerprint density at radius 2 is 1.69 bits per heavy atom. The van der Waals surface area contributed by atoms with Crippen LogP contribution in [0, 0.1) is 0 Å². The molecule has 1 aromatic carbocycles. The molecule has 0 spiro atoms. The van der Waals surface area contributed by atoms with Crippen LogP contribution in [-0.4, -0.2) is 42.4 Å². The third kappa shape index (κ3) is 7.62. The highest BCUT2D eigenvalue weighted by molar-refractivity contribution is 5.92. The van der Waals surface area contributed by atoms with Gasteiger partial charge in [-0.3, -0.25) is 14.4 Å². The zero-order valence-corrected chi connectivity index (χ0v) is 15.1. The van der Waals surface area contributed by atoms with Crippen LogP contribution >= 0.6 is 0 Å². The topological polar surface area (TPSA) is 153 Å². The van der Waals surface area contributed by atoms with E-state index in [0.717, 1.165) is 18.4 Å². The number of benzene rings is 1. The Hall–Kier alpha value is -2.45. The number of carbonyl (C=O) groups excluding carboxylic acids is 3. The van der Waals surface area contributed by atoms with Crippen LogP contribution in [0.5, 0.6) is 0 Å². The molecule has 144 valence electrons. The lowest BCUT2D eigenvalue weighted by molar-refractivity contribution is -0.131. The minimum Gasteiger partial charge on any atom is -0.368 e. The summed E-state index contributed by atoms with van der Waals surface area (Å²) in [6.07, 6.45) is 2.28. The average Bonchev–Trinajstić information content (AvgIpc) is 2.61. The number of carbonyl (C=O) groups is 3. The highest BCUT2D eigenvalue weighted by Gasteiger charge is 2.25. The lowest BCUT2D eigenvalue weighted by atomic mass is 10.0. The smallest absolute Gasteiger partial charge is 0.243 e. The number of nitrogens with one attached hydrogen (secondary N) is 2. The molecule has 26 heavy (non-hydrogen) atoms. The second-order valence-electron chi connectivity index (χ2n) is 6.27. The van der Waals surface area contributed by atoms with E-state index in [9.17, 15) is 14.4 Å². The molecule has 0 heterocycles. The number of primary amides is 1. The zero-order valence-electron chi connectivity index (χ0n) is 15.1. The van der Waals surface area contributed by atoms with E-state index in [0.29, 0.717) is 13.0 Å². The molecule has 3 amide bonds. The summed E-state index contributed by atoms with van der Waals surface area (Å²) < 4.78 is 0. The van der Waals surface area contributed by atoms with Crippen molar-refractivity contribution >= 4 is 17.7 Å². The number of unbranched alkanes of at least 4 members (excludes halogenated alkanes) is 1. The maximum absolute atomic E-state index is 12.5. The fourth-order valence-corrected chi connectivity index (χ4v) is 2.36. The molecule has 0 saturated heterocycles. The minimum absolute atomic E-state index is 0.277. The molecule has 0 unspecified atom stereocenters. The van der Waals surface area contributed by atoms with Gasteiger partial charge in [0.15, 0.2) is 0 Å². The summed E-state index contributed by atoms with van der Waals surface area (Å²) in [4.78, 5) is 36.0. The highest BCUT2D eigenvalue weighted by atomic mass is 16.2. The summed E-state index contributed by atoms with van der Waals surface area (Å²) in [6, 6.07) is 6.84. The van der Waals surface area contributed by atoms with Crippen LogP contribution in [0.1, 0.15) is 31.7 Å². The number of amides is 3. The molecular weight excluding hydrogens is 334 g/mol. The maximum atomic E-state index is 12.5. The summed E-state index contributed by atoms with van der Waals surface area (Å²) in [5.74, 6) is -1.55. The Bertz CT molecular complexity index is 594. The van der Waals surface area contributed by atoms with Gasteiger partial charge in [-0.2, -0.15) is 0 Å². The highest BCUT2D eigenvalue weighted by Crippen LogP contribution is 2.05. The molecule has 0 aromatic heterocycles. The maximum Gasteiger partial charge on any atom is 0.243 e. The Labute approximate surface area is 153 Å². The van der Waals surface area contributed by atoms with Gasteiger partial charge >= 0.3 is 0 Å². The van der Waals surface area contributed by atoms with E-state index in [1.165, 1.54) is 6.92 Å². The van der Waals surface area contributed by atoms with Gasteiger partial charge in [0.05, 0.1) is 6.04 Å². The van der Waals surface area contributed by atoms with Gasteiger partial charge in [-0.1, -0.05) is 36.8 Å². The fourth-order valence-electron chi connectivity index (χ4n) is 2.36. The largest absolute Gasteiger partial charge is 0.368 e. The second-order valence-corrected chi connectivity index (χ2v) is 6.27. The van der Waals surface area contributed by atoms with Crippen LogP contribution in [-0.2, 0) is 20.8 Å². The van der Waals surface area contributed by atoms with Crippen molar-refractivity contribution in [2.45, 2.75) is 50.7 Å². The Morgan fingerprint density at radius 1 is 1.04 bits per heavy atom. The van der Waals surface area contributed by atoms with Crippen molar-refractivity contribution in [2.24, 2.45) is 17.2 Å². The first-order valence-electron chi connectivity index (χ1n) is 8.74. The summed E-state index contributed by atoms with van der Waals surface area (Å²) in [6.45, 7) is 2.03. The molecule has 1 rings (SSSR count). The van der Waals surface area contributed by atoms with Gasteiger partial charge in [0, 0.05) is 6.42 Å². The second kappa shape index (κ2) is 11.2. The molecule has 8 nitrogen and oxygen atoms in total. The molecule has 0 fully saturated rings. The van der Waals surface area contributed by atoms with Crippen molar-refractivity contribution in [2.75, 3.05) is 6.54 Å². The summed E-state index contributed by atoms with van der Waals surface area (Å²) >= 11 is 0. The van der Waals surface area contributed by atoms with Gasteiger partial charge in [0.25, 0.3) is 0 Å². The molecule has 0 bridgehead atoms. The van der Waals surface area contributed by atoms with Gasteiger partial charge in [0.1, 0.15) is 12.1 Å². The van der Waals surface area contributed by atoms with Gasteiger partial charge in [-0.25, -0.2) is 0 Å². The number of hydrogen-bond acceptors (Lipinski definition) is 5. The van der Waals surface area contributed by atoms with Crippen molar-refractivity contribution in [1.82, 2.24) is 10.6 Å². The van der Waals surface area contributed by atoms with Crippen molar-refractivity contribution < 1.29 is 14.4 Å². The number of nitrogens with two attached hydrogens (primary N) is 3. The quantitative estimate of drug-likeness (QED) is 0.324. The Morgan fingerprint density at radius 3 is 2.27 bits per heavy atom. The summed E-state index contributed by atoms with van der Waals surface area (Å²) in [5, 5.41) is 5.19. The van der Waals surface area contributed by atoms with Crippen LogP contribution in [0.25, 0.3) is 0 Å². The average molecular weight is 363 g/mol. The van der Waals surface area contributed by atoms with E-state index in [2.05, 4.69) is 10.6 Å². The first-order valence-corrected chi connectivity index (χ1v) is 8.74. The van der Waals surface area contributed by atoms with Crippen LogP contribution < -0.4 is 27.8 Å². The minimum atomic E-state index is -0.854. The number of hydrogen-bond donors (Lipinski definition) is 5. The van der Waals surface area contributed by atoms with E-state index < -0.39 is 35.8 Å². The fraction of sp³-hybridized carbons (Fsp3) is 0.500. The predicted octanol–water partition coefficient (Wildman–Crippen LogP) is -0.840. The van der Waals surface area contributed by atoms with Crippen molar-refractivity contribution in [3.8, 4) is 0 Å². The Balaban J connectivity index is 2.77. The standard InChI is InChI=1S/C18H29N5O3/c1-12(16(21)24)22-18(26)15(11-13-7-3-2-4-8-13)23-17(25)14(20)9-5-6-10-19/h2-4,7-8,12,14-15H,5-6,9-11,19-20H2,1H3,(H2,21,24)(H,22,26)(H,23,25)/t12-,14-,15-/m0/s1. The van der Waals surface area contributed by atoms with Crippen LogP contribution in [0.3, 0.4) is 0 Å². The molecule has 8 heteroatoms. The SMILES string of the molecule is C[C@H](NC(=O)[C@H](Cc1ccccc1)NC(=O)[C@@H](N)CCCCN)C(N)=O. The summed E-state index contributed by atoms with van der Waals surface area (Å²) in [5.41, 5.74) is 17.4. The third-order valence-corrected chi connectivity index (χ3v) is 4.01. The monoisotopic (exact) mass is 363 g/mol. The molecule has 0 aliphatic carbocycles. The van der Waals surface area contributed by atoms with E-state index in [-0.39, 0.29) is 6.42 Å². The van der Waals surface area contributed by atoms with Crippen molar-refractivity contribution in [3.05, 3.63) is 35.9 Å². The molecule has 0 aliphatic rings. The lowest BCUT2D eigenvalue weighted by Crippen LogP contribution is -2.55. The first kappa shape index (κ1) is 21.6. The van der Waals surface area contributed by atoms with E-state index in [4.69, 9.17) is 17.2 Å². The number of rotatable bonds is 11. The zero-order chi connectivity index (χ0) is 19.5. The van der Waals surface area contributed by atoms with Gasteiger partial charge in [0.2, 0.25) is 17.7 Å². The molecule has 0 saturated carbocycles. The normalized spacial score (nSPS) is 14.1.